The van der Waals surface area contributed by atoms with Crippen LogP contribution in [-0.2, 0) is 0 Å². The lowest BCUT2D eigenvalue weighted by atomic mass is 9.97. The van der Waals surface area contributed by atoms with Gasteiger partial charge in [-0.25, -0.2) is 4.39 Å². The van der Waals surface area contributed by atoms with Crippen LogP contribution >= 0.6 is 15.9 Å². The van der Waals surface area contributed by atoms with Crippen LogP contribution in [0.1, 0.15) is 31.7 Å². The van der Waals surface area contributed by atoms with Crippen molar-refractivity contribution in [1.82, 2.24) is 0 Å². The van der Waals surface area contributed by atoms with Crippen LogP contribution in [0.5, 0.6) is 0 Å². The van der Waals surface area contributed by atoms with E-state index in [1.54, 1.807) is 0 Å². The third-order valence-electron chi connectivity index (χ3n) is 2.12. The minimum atomic E-state index is -0.164. The third kappa shape index (κ3) is 3.47. The Morgan fingerprint density at radius 1 is 1.23 bits per heavy atom. The van der Waals surface area contributed by atoms with Gasteiger partial charge in [-0.2, -0.15) is 0 Å². The molecule has 0 spiro atoms. The topological polar surface area (TPSA) is 0 Å². The smallest absolute Gasteiger partial charge is 0.123 e. The fourth-order valence-electron chi connectivity index (χ4n) is 1.41. The second kappa shape index (κ2) is 4.75. The number of hydrogen-bond donors (Lipinski definition) is 0. The summed E-state index contributed by atoms with van der Waals surface area (Å²) in [6.45, 7) is 4.28. The van der Waals surface area contributed by atoms with Gasteiger partial charge in [-0.3, -0.25) is 0 Å². The fraction of sp³-hybridized carbons (Fsp3) is 0.455. The molecule has 2 unspecified atom stereocenters. The third-order valence-corrected chi connectivity index (χ3v) is 2.49. The summed E-state index contributed by atoms with van der Waals surface area (Å²) in [5, 5.41) is 0. The molecule has 0 aromatic heterocycles. The monoisotopic (exact) mass is 244 g/mol. The minimum Gasteiger partial charge on any atom is -0.207 e. The zero-order valence-corrected chi connectivity index (χ0v) is 9.51. The van der Waals surface area contributed by atoms with Crippen LogP contribution in [0.4, 0.5) is 4.39 Å². The molecule has 0 amide bonds. The van der Waals surface area contributed by atoms with Crippen molar-refractivity contribution in [2.24, 2.45) is 0 Å². The van der Waals surface area contributed by atoms with Gasteiger partial charge in [-0.05, 0) is 30.0 Å². The van der Waals surface area contributed by atoms with Gasteiger partial charge >= 0.3 is 0 Å². The zero-order valence-electron chi connectivity index (χ0n) is 7.93. The van der Waals surface area contributed by atoms with Crippen LogP contribution in [0.3, 0.4) is 0 Å². The van der Waals surface area contributed by atoms with Crippen LogP contribution < -0.4 is 0 Å². The van der Waals surface area contributed by atoms with Gasteiger partial charge in [0, 0.05) is 4.83 Å². The molecule has 1 rings (SSSR count). The standard InChI is InChI=1S/C11H14BrF/c1-8(7-9(2)12)10-3-5-11(13)6-4-10/h3-6,8-9H,7H2,1-2H3. The van der Waals surface area contributed by atoms with Gasteiger partial charge in [0.05, 0.1) is 0 Å². The van der Waals surface area contributed by atoms with Crippen LogP contribution in [0.2, 0.25) is 0 Å². The summed E-state index contributed by atoms with van der Waals surface area (Å²) in [6.07, 6.45) is 1.08. The maximum Gasteiger partial charge on any atom is 0.123 e. The van der Waals surface area contributed by atoms with Gasteiger partial charge in [-0.1, -0.05) is 41.9 Å². The van der Waals surface area contributed by atoms with Crippen LogP contribution in [0.15, 0.2) is 24.3 Å². The summed E-state index contributed by atoms with van der Waals surface area (Å²) < 4.78 is 12.6. The highest BCUT2D eigenvalue weighted by Gasteiger charge is 2.08. The molecule has 72 valence electrons. The molecular weight excluding hydrogens is 231 g/mol. The van der Waals surface area contributed by atoms with Gasteiger partial charge < -0.3 is 0 Å². The van der Waals surface area contributed by atoms with E-state index in [0.29, 0.717) is 10.7 Å². The van der Waals surface area contributed by atoms with Crippen molar-refractivity contribution in [2.45, 2.75) is 31.0 Å². The summed E-state index contributed by atoms with van der Waals surface area (Å²) in [6, 6.07) is 6.75. The molecule has 0 saturated heterocycles. The maximum atomic E-state index is 12.6. The molecule has 0 aliphatic heterocycles. The maximum absolute atomic E-state index is 12.6. The summed E-state index contributed by atoms with van der Waals surface area (Å²) in [5.41, 5.74) is 1.20. The second-order valence-electron chi connectivity index (χ2n) is 3.47. The molecule has 0 heterocycles. The molecule has 0 aliphatic carbocycles. The SMILES string of the molecule is CC(Br)CC(C)c1ccc(F)cc1. The van der Waals surface area contributed by atoms with Gasteiger partial charge in [0.15, 0.2) is 0 Å². The van der Waals surface area contributed by atoms with E-state index in [4.69, 9.17) is 0 Å². The molecule has 1 aromatic rings. The van der Waals surface area contributed by atoms with E-state index in [-0.39, 0.29) is 5.82 Å². The van der Waals surface area contributed by atoms with Crippen molar-refractivity contribution in [2.75, 3.05) is 0 Å². The van der Waals surface area contributed by atoms with Crippen LogP contribution in [0.25, 0.3) is 0 Å². The van der Waals surface area contributed by atoms with E-state index in [0.717, 1.165) is 6.42 Å². The van der Waals surface area contributed by atoms with Crippen LogP contribution in [-0.4, -0.2) is 4.83 Å². The highest BCUT2D eigenvalue weighted by molar-refractivity contribution is 9.09. The minimum absolute atomic E-state index is 0.164. The number of alkyl halides is 1. The number of rotatable bonds is 3. The Kier molecular flexibility index (Phi) is 3.91. The van der Waals surface area contributed by atoms with E-state index in [1.165, 1.54) is 17.7 Å². The first-order valence-corrected chi connectivity index (χ1v) is 5.40. The lowest BCUT2D eigenvalue weighted by Crippen LogP contribution is -2.00. The van der Waals surface area contributed by atoms with Crippen molar-refractivity contribution in [3.8, 4) is 0 Å². The lowest BCUT2D eigenvalue weighted by molar-refractivity contribution is 0.623. The molecule has 1 aromatic carbocycles. The Labute approximate surface area is 87.3 Å². The normalized spacial score (nSPS) is 15.4. The van der Waals surface area contributed by atoms with Crippen molar-refractivity contribution in [1.29, 1.82) is 0 Å². The average molecular weight is 245 g/mol. The predicted molar refractivity (Wildman–Crippen MR) is 57.8 cm³/mol. The number of hydrogen-bond acceptors (Lipinski definition) is 0. The van der Waals surface area contributed by atoms with E-state index >= 15 is 0 Å². The van der Waals surface area contributed by atoms with Crippen molar-refractivity contribution < 1.29 is 4.39 Å². The Hall–Kier alpha value is -0.370. The van der Waals surface area contributed by atoms with Crippen molar-refractivity contribution in [3.05, 3.63) is 35.6 Å². The largest absolute Gasteiger partial charge is 0.207 e. The molecule has 0 radical (unpaired) electrons. The van der Waals surface area contributed by atoms with E-state index in [9.17, 15) is 4.39 Å². The Morgan fingerprint density at radius 2 is 1.77 bits per heavy atom. The first-order chi connectivity index (χ1) is 6.09. The van der Waals surface area contributed by atoms with Gasteiger partial charge in [0.2, 0.25) is 0 Å². The number of benzene rings is 1. The highest BCUT2D eigenvalue weighted by atomic mass is 79.9. The Balaban J connectivity index is 2.66. The first-order valence-electron chi connectivity index (χ1n) is 4.49. The van der Waals surface area contributed by atoms with E-state index in [1.807, 2.05) is 12.1 Å². The molecule has 0 fully saturated rings. The second-order valence-corrected chi connectivity index (χ2v) is 5.03. The molecule has 2 atom stereocenters. The Morgan fingerprint density at radius 3 is 2.23 bits per heavy atom. The van der Waals surface area contributed by atoms with Gasteiger partial charge in [-0.15, -0.1) is 0 Å². The first kappa shape index (κ1) is 10.7. The van der Waals surface area contributed by atoms with E-state index < -0.39 is 0 Å². The zero-order chi connectivity index (χ0) is 9.84. The van der Waals surface area contributed by atoms with E-state index in [2.05, 4.69) is 29.8 Å². The highest BCUT2D eigenvalue weighted by Crippen LogP contribution is 2.23. The number of halogens is 2. The Bertz CT molecular complexity index is 253. The van der Waals surface area contributed by atoms with Crippen molar-refractivity contribution >= 4 is 15.9 Å². The summed E-state index contributed by atoms with van der Waals surface area (Å²) in [4.78, 5) is 0.507. The molecule has 0 N–H and O–H groups in total. The lowest BCUT2D eigenvalue weighted by Gasteiger charge is -2.12. The van der Waals surface area contributed by atoms with Gasteiger partial charge in [0.25, 0.3) is 0 Å². The van der Waals surface area contributed by atoms with Crippen molar-refractivity contribution in [3.63, 3.8) is 0 Å². The quantitative estimate of drug-likeness (QED) is 0.703. The molecule has 0 saturated carbocycles. The fourth-order valence-corrected chi connectivity index (χ4v) is 1.98. The predicted octanol–water partition coefficient (Wildman–Crippen LogP) is 4.10. The van der Waals surface area contributed by atoms with Crippen LogP contribution in [0, 0.1) is 5.82 Å². The summed E-state index contributed by atoms with van der Waals surface area (Å²) in [7, 11) is 0. The molecule has 2 heteroatoms. The summed E-state index contributed by atoms with van der Waals surface area (Å²) in [5.74, 6) is 0.317. The molecule has 0 aliphatic rings. The molecular formula is C11H14BrF. The summed E-state index contributed by atoms with van der Waals surface area (Å²) >= 11 is 3.51. The molecule has 0 bridgehead atoms. The van der Waals surface area contributed by atoms with Gasteiger partial charge in [0.1, 0.15) is 5.82 Å². The molecule has 0 nitrogen and oxygen atoms in total. The average Bonchev–Trinajstić information content (AvgIpc) is 2.04. The molecule has 13 heavy (non-hydrogen) atoms.